The second kappa shape index (κ2) is 4.23. The summed E-state index contributed by atoms with van der Waals surface area (Å²) >= 11 is 0. The Morgan fingerprint density at radius 2 is 2.12 bits per heavy atom. The molecule has 0 bridgehead atoms. The quantitative estimate of drug-likeness (QED) is 0.560. The molecule has 0 unspecified atom stereocenters. The Hall–Kier alpha value is -1.40. The maximum atomic E-state index is 10.5. The molecule has 0 saturated heterocycles. The third-order valence-corrected chi connectivity index (χ3v) is 3.53. The monoisotopic (exact) mass is 215 g/mol. The fourth-order valence-electron chi connectivity index (χ4n) is 2.25. The van der Waals surface area contributed by atoms with Crippen molar-refractivity contribution >= 4 is 6.08 Å². The normalized spacial score (nSPS) is 17.7. The van der Waals surface area contributed by atoms with Crippen molar-refractivity contribution in [3.8, 4) is 0 Å². The summed E-state index contributed by atoms with van der Waals surface area (Å²) in [6.45, 7) is 4.35. The molecule has 1 fully saturated rings. The zero-order valence-corrected chi connectivity index (χ0v) is 9.86. The molecule has 0 atom stereocenters. The van der Waals surface area contributed by atoms with Gasteiger partial charge in [-0.1, -0.05) is 38.1 Å². The lowest BCUT2D eigenvalue weighted by atomic mass is 9.72. The maximum Gasteiger partial charge on any atom is 0.235 e. The van der Waals surface area contributed by atoms with Crippen LogP contribution in [0.15, 0.2) is 29.3 Å². The van der Waals surface area contributed by atoms with E-state index in [0.29, 0.717) is 5.92 Å². The molecule has 0 amide bonds. The van der Waals surface area contributed by atoms with E-state index >= 15 is 0 Å². The van der Waals surface area contributed by atoms with Crippen molar-refractivity contribution < 1.29 is 4.79 Å². The smallest absolute Gasteiger partial charge is 0.211 e. The molecular weight excluding hydrogens is 198 g/mol. The molecule has 1 saturated carbocycles. The first kappa shape index (κ1) is 11.1. The van der Waals surface area contributed by atoms with Crippen molar-refractivity contribution in [1.29, 1.82) is 0 Å². The van der Waals surface area contributed by atoms with Crippen LogP contribution in [0.4, 0.5) is 0 Å². The summed E-state index contributed by atoms with van der Waals surface area (Å²) in [6, 6.07) is 8.45. The zero-order chi connectivity index (χ0) is 11.6. The number of hydrogen-bond donors (Lipinski definition) is 0. The van der Waals surface area contributed by atoms with Gasteiger partial charge >= 0.3 is 0 Å². The van der Waals surface area contributed by atoms with Crippen LogP contribution >= 0.6 is 0 Å². The third-order valence-electron chi connectivity index (χ3n) is 3.53. The number of hydrogen-bond acceptors (Lipinski definition) is 2. The van der Waals surface area contributed by atoms with Crippen molar-refractivity contribution in [3.05, 3.63) is 35.4 Å². The van der Waals surface area contributed by atoms with E-state index in [1.54, 1.807) is 6.08 Å². The Balaban J connectivity index is 2.39. The zero-order valence-electron chi connectivity index (χ0n) is 9.86. The van der Waals surface area contributed by atoms with Crippen LogP contribution < -0.4 is 0 Å². The van der Waals surface area contributed by atoms with Gasteiger partial charge in [-0.05, 0) is 36.3 Å². The average molecular weight is 215 g/mol. The van der Waals surface area contributed by atoms with Crippen molar-refractivity contribution in [2.75, 3.05) is 0 Å². The van der Waals surface area contributed by atoms with E-state index in [-0.39, 0.29) is 5.54 Å². The molecule has 0 spiro atoms. The molecule has 0 aromatic heterocycles. The lowest BCUT2D eigenvalue weighted by Gasteiger charge is -2.37. The van der Waals surface area contributed by atoms with E-state index in [2.05, 4.69) is 43.1 Å². The van der Waals surface area contributed by atoms with Crippen LogP contribution in [0.1, 0.15) is 50.2 Å². The molecule has 0 radical (unpaired) electrons. The fourth-order valence-corrected chi connectivity index (χ4v) is 2.25. The molecule has 0 aliphatic heterocycles. The van der Waals surface area contributed by atoms with Gasteiger partial charge in [0, 0.05) is 0 Å². The average Bonchev–Trinajstić information content (AvgIpc) is 2.23. The Bertz CT molecular complexity index is 426. The van der Waals surface area contributed by atoms with E-state index in [0.717, 1.165) is 19.3 Å². The highest BCUT2D eigenvalue weighted by atomic mass is 16.1. The van der Waals surface area contributed by atoms with Gasteiger partial charge in [0.15, 0.2) is 0 Å². The van der Waals surface area contributed by atoms with Gasteiger partial charge in [0.05, 0.1) is 5.54 Å². The van der Waals surface area contributed by atoms with Gasteiger partial charge in [-0.3, -0.25) is 0 Å². The molecule has 2 nitrogen and oxygen atoms in total. The Morgan fingerprint density at radius 3 is 2.62 bits per heavy atom. The number of rotatable bonds is 3. The number of nitrogens with zero attached hydrogens (tertiary/aromatic N) is 1. The highest BCUT2D eigenvalue weighted by molar-refractivity contribution is 5.40. The van der Waals surface area contributed by atoms with Crippen LogP contribution in [0.3, 0.4) is 0 Å². The Kier molecular flexibility index (Phi) is 2.93. The van der Waals surface area contributed by atoms with Gasteiger partial charge in [0.2, 0.25) is 6.08 Å². The minimum atomic E-state index is -0.257. The largest absolute Gasteiger partial charge is 0.235 e. The van der Waals surface area contributed by atoms with E-state index < -0.39 is 0 Å². The SMILES string of the molecule is CC(C)c1cccc(C2(N=C=O)CCC2)c1. The summed E-state index contributed by atoms with van der Waals surface area (Å²) in [5.74, 6) is 0.511. The molecule has 0 heterocycles. The lowest BCUT2D eigenvalue weighted by Crippen LogP contribution is -2.31. The van der Waals surface area contributed by atoms with Gasteiger partial charge in [0.25, 0.3) is 0 Å². The highest BCUT2D eigenvalue weighted by Crippen LogP contribution is 2.45. The van der Waals surface area contributed by atoms with E-state index in [9.17, 15) is 4.79 Å². The maximum absolute atomic E-state index is 10.5. The highest BCUT2D eigenvalue weighted by Gasteiger charge is 2.38. The summed E-state index contributed by atoms with van der Waals surface area (Å²) in [6.07, 6.45) is 4.83. The molecule has 2 heteroatoms. The van der Waals surface area contributed by atoms with Crippen molar-refractivity contribution in [1.82, 2.24) is 0 Å². The summed E-state index contributed by atoms with van der Waals surface area (Å²) in [4.78, 5) is 14.5. The first-order valence-corrected chi connectivity index (χ1v) is 5.87. The first-order valence-electron chi connectivity index (χ1n) is 5.87. The van der Waals surface area contributed by atoms with Crippen LogP contribution in [-0.2, 0) is 10.3 Å². The minimum Gasteiger partial charge on any atom is -0.211 e. The van der Waals surface area contributed by atoms with Gasteiger partial charge in [0.1, 0.15) is 0 Å². The van der Waals surface area contributed by atoms with Crippen LogP contribution in [0.2, 0.25) is 0 Å². The van der Waals surface area contributed by atoms with E-state index in [1.165, 1.54) is 11.1 Å². The van der Waals surface area contributed by atoms with Crippen LogP contribution in [0.25, 0.3) is 0 Å². The molecule has 84 valence electrons. The summed E-state index contributed by atoms with van der Waals surface area (Å²) in [7, 11) is 0. The second-order valence-electron chi connectivity index (χ2n) is 4.87. The van der Waals surface area contributed by atoms with E-state index in [4.69, 9.17) is 0 Å². The van der Waals surface area contributed by atoms with Crippen molar-refractivity contribution in [3.63, 3.8) is 0 Å². The van der Waals surface area contributed by atoms with Gasteiger partial charge in [-0.15, -0.1) is 0 Å². The number of isocyanates is 1. The van der Waals surface area contributed by atoms with Crippen LogP contribution in [-0.4, -0.2) is 6.08 Å². The lowest BCUT2D eigenvalue weighted by molar-refractivity contribution is 0.255. The second-order valence-corrected chi connectivity index (χ2v) is 4.87. The molecule has 0 N–H and O–H groups in total. The number of carbonyl (C=O) groups excluding carboxylic acids is 1. The third kappa shape index (κ3) is 1.81. The van der Waals surface area contributed by atoms with Gasteiger partial charge < -0.3 is 0 Å². The summed E-state index contributed by atoms with van der Waals surface area (Å²) in [5.41, 5.74) is 2.23. The number of benzene rings is 1. The Labute approximate surface area is 96.4 Å². The van der Waals surface area contributed by atoms with Crippen molar-refractivity contribution in [2.24, 2.45) is 4.99 Å². The molecule has 16 heavy (non-hydrogen) atoms. The molecule has 1 aliphatic rings. The fraction of sp³-hybridized carbons (Fsp3) is 0.500. The number of aliphatic imine (C=N–C) groups is 1. The molecule has 1 aliphatic carbocycles. The first-order chi connectivity index (χ1) is 7.68. The predicted octanol–water partition coefficient (Wildman–Crippen LogP) is 3.53. The standard InChI is InChI=1S/C14H17NO/c1-11(2)12-5-3-6-13(9-12)14(15-10-16)7-4-8-14/h3,5-6,9,11H,4,7-8H2,1-2H3. The topological polar surface area (TPSA) is 29.4 Å². The summed E-state index contributed by atoms with van der Waals surface area (Å²) in [5, 5.41) is 0. The van der Waals surface area contributed by atoms with E-state index in [1.807, 2.05) is 0 Å². The molecule has 1 aromatic carbocycles. The minimum absolute atomic E-state index is 0.257. The van der Waals surface area contributed by atoms with Crippen molar-refractivity contribution in [2.45, 2.75) is 44.6 Å². The predicted molar refractivity (Wildman–Crippen MR) is 64.2 cm³/mol. The van der Waals surface area contributed by atoms with Crippen LogP contribution in [0, 0.1) is 0 Å². The van der Waals surface area contributed by atoms with Gasteiger partial charge in [-0.25, -0.2) is 4.79 Å². The van der Waals surface area contributed by atoms with Gasteiger partial charge in [-0.2, -0.15) is 4.99 Å². The van der Waals surface area contributed by atoms with Crippen LogP contribution in [0.5, 0.6) is 0 Å². The summed E-state index contributed by atoms with van der Waals surface area (Å²) < 4.78 is 0. The molecule has 1 aromatic rings. The molecule has 2 rings (SSSR count). The Morgan fingerprint density at radius 1 is 1.38 bits per heavy atom. The molecular formula is C14H17NO.